The molecular formula is C39H60O7. The largest absolute Gasteiger partial charge is 0.493 e. The van der Waals surface area contributed by atoms with E-state index >= 15 is 0 Å². The van der Waals surface area contributed by atoms with Crippen LogP contribution in [0.2, 0.25) is 0 Å². The molecule has 7 nitrogen and oxygen atoms in total. The third kappa shape index (κ3) is 13.6. The summed E-state index contributed by atoms with van der Waals surface area (Å²) in [7, 11) is 0. The van der Waals surface area contributed by atoms with Gasteiger partial charge in [0, 0.05) is 11.6 Å². The van der Waals surface area contributed by atoms with Crippen LogP contribution < -0.4 is 28.4 Å². The quantitative estimate of drug-likeness (QED) is 0.0993. The predicted octanol–water partition coefficient (Wildman–Crippen LogP) is 9.79. The summed E-state index contributed by atoms with van der Waals surface area (Å²) >= 11 is 0. The maximum Gasteiger partial charge on any atom is 0.193 e. The summed E-state index contributed by atoms with van der Waals surface area (Å²) in [6, 6.07) is 7.52. The van der Waals surface area contributed by atoms with Crippen LogP contribution >= 0.6 is 0 Å². The van der Waals surface area contributed by atoms with Crippen LogP contribution in [0.1, 0.15) is 99.0 Å². The van der Waals surface area contributed by atoms with Gasteiger partial charge in [-0.25, -0.2) is 0 Å². The van der Waals surface area contributed by atoms with Gasteiger partial charge in [0.25, 0.3) is 0 Å². The van der Waals surface area contributed by atoms with E-state index in [9.17, 15) is 4.79 Å². The fraction of sp³-hybridized carbons (Fsp3) is 0.615. The van der Waals surface area contributed by atoms with Crippen molar-refractivity contribution in [3.8, 4) is 34.5 Å². The lowest BCUT2D eigenvalue weighted by atomic mass is 10.0. The summed E-state index contributed by atoms with van der Waals surface area (Å²) in [5.41, 5.74) is 1.03. The maximum atomic E-state index is 14.4. The van der Waals surface area contributed by atoms with E-state index in [-0.39, 0.29) is 35.0 Å². The Balaban J connectivity index is 2.76. The molecule has 0 saturated carbocycles. The molecule has 0 unspecified atom stereocenters. The molecule has 0 fully saturated rings. The molecule has 46 heavy (non-hydrogen) atoms. The topological polar surface area (TPSA) is 72.5 Å². The van der Waals surface area contributed by atoms with Crippen LogP contribution in [0.5, 0.6) is 34.5 Å². The molecular weight excluding hydrogens is 580 g/mol. The van der Waals surface area contributed by atoms with Crippen molar-refractivity contribution >= 4 is 11.9 Å². The second-order valence-electron chi connectivity index (χ2n) is 14.5. The van der Waals surface area contributed by atoms with Crippen molar-refractivity contribution in [2.45, 2.75) is 83.1 Å². The second kappa shape index (κ2) is 19.3. The van der Waals surface area contributed by atoms with Crippen LogP contribution in [-0.4, -0.2) is 45.4 Å². The Morgan fingerprint density at radius 2 is 0.913 bits per heavy atom. The van der Waals surface area contributed by atoms with E-state index in [1.54, 1.807) is 12.2 Å². The third-order valence-electron chi connectivity index (χ3n) is 6.23. The minimum absolute atomic E-state index is 0.225. The van der Waals surface area contributed by atoms with Crippen LogP contribution in [0, 0.1) is 35.5 Å². The van der Waals surface area contributed by atoms with Crippen LogP contribution in [-0.2, 0) is 0 Å². The van der Waals surface area contributed by atoms with Crippen molar-refractivity contribution < 1.29 is 33.2 Å². The molecule has 258 valence electrons. The van der Waals surface area contributed by atoms with Crippen molar-refractivity contribution in [2.24, 2.45) is 35.5 Å². The van der Waals surface area contributed by atoms with Crippen molar-refractivity contribution in [1.82, 2.24) is 0 Å². The van der Waals surface area contributed by atoms with Crippen molar-refractivity contribution in [1.29, 1.82) is 0 Å². The molecule has 0 aliphatic rings. The van der Waals surface area contributed by atoms with Crippen LogP contribution in [0.15, 0.2) is 30.3 Å². The first kappa shape index (κ1) is 38.8. The Hall–Kier alpha value is -3.35. The molecule has 0 aromatic heterocycles. The molecule has 0 bridgehead atoms. The first-order chi connectivity index (χ1) is 21.7. The minimum atomic E-state index is -0.287. The number of carbonyl (C=O) groups is 1. The third-order valence-corrected chi connectivity index (χ3v) is 6.23. The van der Waals surface area contributed by atoms with Gasteiger partial charge in [-0.3, -0.25) is 4.79 Å². The first-order valence-corrected chi connectivity index (χ1v) is 17.0. The molecule has 0 spiro atoms. The van der Waals surface area contributed by atoms with Crippen LogP contribution in [0.25, 0.3) is 6.08 Å². The summed E-state index contributed by atoms with van der Waals surface area (Å²) in [6.45, 7) is 27.9. The van der Waals surface area contributed by atoms with Gasteiger partial charge in [-0.1, -0.05) is 83.1 Å². The van der Waals surface area contributed by atoms with E-state index < -0.39 is 0 Å². The lowest BCUT2D eigenvalue weighted by molar-refractivity contribution is 0.103. The average molecular weight is 641 g/mol. The number of allylic oxidation sites excluding steroid dienone is 1. The summed E-state index contributed by atoms with van der Waals surface area (Å²) in [5, 5.41) is 0. The zero-order valence-electron chi connectivity index (χ0n) is 30.5. The molecule has 0 saturated heterocycles. The van der Waals surface area contributed by atoms with Gasteiger partial charge < -0.3 is 28.4 Å². The highest BCUT2D eigenvalue weighted by Gasteiger charge is 2.28. The SMILES string of the molecule is CC(C)COc1ccc(OCC(C)C)c(/C=C\C(=O)c2c(OCC(C)C)c(OCC(C)C)cc(OCC(C)C)c2OCC(C)C)c1. The van der Waals surface area contributed by atoms with Crippen molar-refractivity contribution in [3.05, 3.63) is 41.5 Å². The van der Waals surface area contributed by atoms with Gasteiger partial charge in [0.15, 0.2) is 28.8 Å². The molecule has 2 aromatic rings. The normalized spacial score (nSPS) is 11.9. The molecule has 0 aliphatic carbocycles. The zero-order chi connectivity index (χ0) is 34.4. The van der Waals surface area contributed by atoms with E-state index in [1.165, 1.54) is 0 Å². The lowest BCUT2D eigenvalue weighted by Crippen LogP contribution is -2.16. The number of ketones is 1. The number of hydrogen-bond acceptors (Lipinski definition) is 7. The number of benzene rings is 2. The van der Waals surface area contributed by atoms with E-state index in [0.717, 1.165) is 5.56 Å². The number of ether oxygens (including phenoxy) is 6. The van der Waals surface area contributed by atoms with Gasteiger partial charge in [-0.2, -0.15) is 0 Å². The average Bonchev–Trinajstić information content (AvgIpc) is 2.97. The Morgan fingerprint density at radius 3 is 1.35 bits per heavy atom. The van der Waals surface area contributed by atoms with Gasteiger partial charge in [0.1, 0.15) is 17.1 Å². The van der Waals surface area contributed by atoms with E-state index in [0.29, 0.717) is 86.0 Å². The molecule has 2 rings (SSSR count). The molecule has 0 atom stereocenters. The molecule has 0 heterocycles. The molecule has 7 heteroatoms. The van der Waals surface area contributed by atoms with E-state index in [2.05, 4.69) is 83.1 Å². The molecule has 0 radical (unpaired) electrons. The van der Waals surface area contributed by atoms with Gasteiger partial charge >= 0.3 is 0 Å². The van der Waals surface area contributed by atoms with E-state index in [1.807, 2.05) is 24.3 Å². The lowest BCUT2D eigenvalue weighted by Gasteiger charge is -2.23. The van der Waals surface area contributed by atoms with Crippen molar-refractivity contribution in [2.75, 3.05) is 39.6 Å². The minimum Gasteiger partial charge on any atom is -0.493 e. The molecule has 2 aromatic carbocycles. The number of hydrogen-bond donors (Lipinski definition) is 0. The Kier molecular flexibility index (Phi) is 16.3. The predicted molar refractivity (Wildman–Crippen MR) is 188 cm³/mol. The zero-order valence-corrected chi connectivity index (χ0v) is 30.5. The standard InChI is InChI=1S/C39H60O7/c1-25(2)19-41-32-14-16-34(42-20-26(3)4)31(17-32)13-15-33(40)37-38(45-23-29(9)10)35(43-21-27(5)6)18-36(44-22-28(7)8)39(37)46-24-30(11)12/h13-18,25-30H,19-24H2,1-12H3/b15-13-. The van der Waals surface area contributed by atoms with Gasteiger partial charge in [-0.15, -0.1) is 0 Å². The number of carbonyl (C=O) groups excluding carboxylic acids is 1. The fourth-order valence-electron chi connectivity index (χ4n) is 3.98. The van der Waals surface area contributed by atoms with Crippen molar-refractivity contribution in [3.63, 3.8) is 0 Å². The fourth-order valence-corrected chi connectivity index (χ4v) is 3.98. The summed E-state index contributed by atoms with van der Waals surface area (Å²) in [5.74, 6) is 4.47. The molecule has 0 aliphatic heterocycles. The highest BCUT2D eigenvalue weighted by Crippen LogP contribution is 2.46. The number of rotatable bonds is 21. The van der Waals surface area contributed by atoms with Gasteiger partial charge in [0.2, 0.25) is 0 Å². The smallest absolute Gasteiger partial charge is 0.193 e. The maximum absolute atomic E-state index is 14.4. The first-order valence-electron chi connectivity index (χ1n) is 17.0. The molecule has 0 N–H and O–H groups in total. The van der Waals surface area contributed by atoms with Crippen LogP contribution in [0.4, 0.5) is 0 Å². The summed E-state index contributed by atoms with van der Waals surface area (Å²) < 4.78 is 37.4. The van der Waals surface area contributed by atoms with Gasteiger partial charge in [-0.05, 0) is 65.9 Å². The second-order valence-corrected chi connectivity index (χ2v) is 14.5. The molecule has 0 amide bonds. The van der Waals surface area contributed by atoms with Crippen LogP contribution in [0.3, 0.4) is 0 Å². The highest BCUT2D eigenvalue weighted by atomic mass is 16.5. The Labute approximate surface area is 278 Å². The van der Waals surface area contributed by atoms with Gasteiger partial charge in [0.05, 0.1) is 39.6 Å². The Morgan fingerprint density at radius 1 is 0.522 bits per heavy atom. The summed E-state index contributed by atoms with van der Waals surface area (Å²) in [4.78, 5) is 14.4. The summed E-state index contributed by atoms with van der Waals surface area (Å²) in [6.07, 6.45) is 3.32. The Bertz CT molecular complexity index is 1200. The van der Waals surface area contributed by atoms with E-state index in [4.69, 9.17) is 28.4 Å². The highest BCUT2D eigenvalue weighted by molar-refractivity contribution is 6.11. The monoisotopic (exact) mass is 640 g/mol.